The fraction of sp³-hybridized carbons (Fsp3) is 0.185. The topological polar surface area (TPSA) is 280 Å². The zero-order valence-corrected chi connectivity index (χ0v) is 24.3. The fourth-order valence-corrected chi connectivity index (χ4v) is 5.02. The van der Waals surface area contributed by atoms with Crippen molar-refractivity contribution in [2.75, 3.05) is 23.7 Å². The third-order valence-electron chi connectivity index (χ3n) is 6.44. The lowest BCUT2D eigenvalue weighted by Crippen LogP contribution is -2.41. The van der Waals surface area contributed by atoms with Gasteiger partial charge in [-0.05, 0) is 60.5 Å². The number of H-pyrrole nitrogens is 1. The number of aromatic amines is 1. The van der Waals surface area contributed by atoms with E-state index in [1.807, 2.05) is 0 Å². The van der Waals surface area contributed by atoms with Crippen LogP contribution >= 0.6 is 11.8 Å². The minimum absolute atomic E-state index is 0.0196. The second-order valence-corrected chi connectivity index (χ2v) is 10.7. The van der Waals surface area contributed by atoms with E-state index in [0.29, 0.717) is 39.4 Å². The maximum atomic E-state index is 12.8. The van der Waals surface area contributed by atoms with Crippen LogP contribution in [0.3, 0.4) is 0 Å². The van der Waals surface area contributed by atoms with Crippen LogP contribution in [-0.4, -0.2) is 76.0 Å². The van der Waals surface area contributed by atoms with E-state index in [2.05, 4.69) is 51.2 Å². The Labute approximate surface area is 258 Å². The number of nitrogens with zero attached hydrogens (tertiary/aromatic N) is 7. The molecule has 1 atom stereocenters. The lowest BCUT2D eigenvalue weighted by Gasteiger charge is -2.15. The molecule has 10 N–H and O–H groups in total. The molecule has 0 fully saturated rings. The second-order valence-electron chi connectivity index (χ2n) is 9.62. The molecule has 0 aliphatic carbocycles. The third-order valence-corrected chi connectivity index (χ3v) is 7.48. The lowest BCUT2D eigenvalue weighted by atomic mass is 10.0. The maximum Gasteiger partial charge on any atom is 0.326 e. The van der Waals surface area contributed by atoms with Crippen molar-refractivity contribution in [3.05, 3.63) is 65.5 Å². The molecule has 3 heterocycles. The molecular weight excluding hydrogens is 602 g/mol. The van der Waals surface area contributed by atoms with Crippen LogP contribution in [0.1, 0.15) is 39.3 Å². The van der Waals surface area contributed by atoms with Gasteiger partial charge in [0.1, 0.15) is 6.04 Å². The standard InChI is InChI=1S/C27H27N13O4S/c28-14-5-8-17(18(10-14)22-37-39-40-38-22)25(42)31-9-1-2-19(26(43)44)34-24(41)13-3-6-16(7-4-13)45-12-15-11-32-23-20(33-15)21(29)35-27(30)36-23/h3-8,10-11,19H,1-2,9,12,28H2,(H,31,42)(H,34,41)(H,43,44)(H,37,38,39,40)(H4,29,30,32,35,36)/t19-/m0/s1. The fourth-order valence-electron chi connectivity index (χ4n) is 4.24. The number of nitrogens with one attached hydrogen (secondary N) is 3. The van der Waals surface area contributed by atoms with Crippen LogP contribution in [0.15, 0.2) is 53.6 Å². The number of benzene rings is 2. The Kier molecular flexibility index (Phi) is 9.23. The quantitative estimate of drug-likeness (QED) is 0.0576. The summed E-state index contributed by atoms with van der Waals surface area (Å²) in [6.07, 6.45) is 1.95. The number of nitrogens with two attached hydrogens (primary N) is 3. The monoisotopic (exact) mass is 629 g/mol. The molecule has 3 aromatic heterocycles. The largest absolute Gasteiger partial charge is 0.480 e. The van der Waals surface area contributed by atoms with Gasteiger partial charge in [0.25, 0.3) is 11.8 Å². The van der Waals surface area contributed by atoms with Crippen LogP contribution in [0.25, 0.3) is 22.6 Å². The normalized spacial score (nSPS) is 11.6. The highest BCUT2D eigenvalue weighted by Crippen LogP contribution is 2.24. The summed E-state index contributed by atoms with van der Waals surface area (Å²) in [5, 5.41) is 28.6. The number of tetrazole rings is 1. The first-order valence-corrected chi connectivity index (χ1v) is 14.4. The van der Waals surface area contributed by atoms with Crippen LogP contribution in [0, 0.1) is 0 Å². The number of hydrogen-bond donors (Lipinski definition) is 7. The number of thioether (sulfide) groups is 1. The Balaban J connectivity index is 1.11. The summed E-state index contributed by atoms with van der Waals surface area (Å²) in [7, 11) is 0. The number of carboxylic acids is 1. The molecule has 5 aromatic rings. The molecule has 0 aliphatic heterocycles. The molecule has 17 nitrogen and oxygen atoms in total. The number of nitrogen functional groups attached to an aromatic ring is 3. The molecule has 18 heteroatoms. The number of carboxylic acid groups (broad SMARTS) is 1. The van der Waals surface area contributed by atoms with Crippen molar-refractivity contribution in [1.82, 2.24) is 51.2 Å². The molecular formula is C27H27N13O4S. The Morgan fingerprint density at radius 1 is 1.00 bits per heavy atom. The molecule has 45 heavy (non-hydrogen) atoms. The van der Waals surface area contributed by atoms with Crippen molar-refractivity contribution in [3.8, 4) is 11.4 Å². The number of aliphatic carboxylic acids is 1. The summed E-state index contributed by atoms with van der Waals surface area (Å²) >= 11 is 1.46. The molecule has 230 valence electrons. The lowest BCUT2D eigenvalue weighted by molar-refractivity contribution is -0.139. The smallest absolute Gasteiger partial charge is 0.326 e. The zero-order chi connectivity index (χ0) is 31.9. The Bertz CT molecular complexity index is 1850. The third kappa shape index (κ3) is 7.54. The highest BCUT2D eigenvalue weighted by atomic mass is 32.2. The van der Waals surface area contributed by atoms with Crippen molar-refractivity contribution in [2.24, 2.45) is 0 Å². The van der Waals surface area contributed by atoms with E-state index in [4.69, 9.17) is 17.2 Å². The van der Waals surface area contributed by atoms with Gasteiger partial charge in [-0.25, -0.2) is 14.8 Å². The number of amides is 2. The van der Waals surface area contributed by atoms with Gasteiger partial charge in [-0.1, -0.05) is 0 Å². The summed E-state index contributed by atoms with van der Waals surface area (Å²) in [5.41, 5.74) is 20.0. The number of aromatic nitrogens is 8. The number of carbonyl (C=O) groups excluding carboxylic acids is 2. The summed E-state index contributed by atoms with van der Waals surface area (Å²) in [6, 6.07) is 10.2. The van der Waals surface area contributed by atoms with Gasteiger partial charge < -0.3 is 32.9 Å². The van der Waals surface area contributed by atoms with Crippen molar-refractivity contribution >= 4 is 58.2 Å². The molecule has 5 rings (SSSR count). The Hall–Kier alpha value is -5.91. The van der Waals surface area contributed by atoms with Crippen LogP contribution in [0.2, 0.25) is 0 Å². The summed E-state index contributed by atoms with van der Waals surface area (Å²) in [6.45, 7) is 0.162. The molecule has 0 bridgehead atoms. The molecule has 0 aliphatic rings. The van der Waals surface area contributed by atoms with E-state index in [1.165, 1.54) is 11.8 Å². The highest BCUT2D eigenvalue weighted by molar-refractivity contribution is 7.98. The number of hydrogen-bond acceptors (Lipinski definition) is 14. The predicted octanol–water partition coefficient (Wildman–Crippen LogP) is 1.03. The van der Waals surface area contributed by atoms with Gasteiger partial charge >= 0.3 is 5.97 Å². The average molecular weight is 630 g/mol. The molecule has 2 amide bonds. The van der Waals surface area contributed by atoms with Gasteiger partial charge in [0.15, 0.2) is 17.0 Å². The number of rotatable bonds is 12. The molecule has 0 unspecified atom stereocenters. The predicted molar refractivity (Wildman–Crippen MR) is 164 cm³/mol. The van der Waals surface area contributed by atoms with E-state index in [9.17, 15) is 19.5 Å². The summed E-state index contributed by atoms with van der Waals surface area (Å²) in [4.78, 5) is 54.9. The van der Waals surface area contributed by atoms with Gasteiger partial charge in [-0.2, -0.15) is 15.2 Å². The van der Waals surface area contributed by atoms with Gasteiger partial charge in [0.2, 0.25) is 11.8 Å². The Morgan fingerprint density at radius 3 is 2.53 bits per heavy atom. The molecule has 2 aromatic carbocycles. The summed E-state index contributed by atoms with van der Waals surface area (Å²) < 4.78 is 0. The maximum absolute atomic E-state index is 12.8. The minimum Gasteiger partial charge on any atom is -0.480 e. The van der Waals surface area contributed by atoms with Crippen LogP contribution in [-0.2, 0) is 10.5 Å². The molecule has 0 saturated heterocycles. The molecule has 0 saturated carbocycles. The van der Waals surface area contributed by atoms with E-state index >= 15 is 0 Å². The van der Waals surface area contributed by atoms with Gasteiger partial charge in [-0.3, -0.25) is 9.59 Å². The van der Waals surface area contributed by atoms with Gasteiger partial charge in [-0.15, -0.1) is 22.0 Å². The zero-order valence-electron chi connectivity index (χ0n) is 23.5. The minimum atomic E-state index is -1.19. The summed E-state index contributed by atoms with van der Waals surface area (Å²) in [5.74, 6) is -1.31. The van der Waals surface area contributed by atoms with Gasteiger partial charge in [0.05, 0.1) is 17.5 Å². The van der Waals surface area contributed by atoms with Crippen molar-refractivity contribution in [1.29, 1.82) is 0 Å². The first kappa shape index (κ1) is 30.5. The average Bonchev–Trinajstić information content (AvgIpc) is 3.56. The van der Waals surface area contributed by atoms with E-state index in [0.717, 1.165) is 4.90 Å². The van der Waals surface area contributed by atoms with Gasteiger partial charge in [0, 0.05) is 34.0 Å². The van der Waals surface area contributed by atoms with Crippen LogP contribution < -0.4 is 27.8 Å². The van der Waals surface area contributed by atoms with Crippen molar-refractivity contribution < 1.29 is 19.5 Å². The number of fused-ring (bicyclic) bond motifs is 1. The molecule has 0 radical (unpaired) electrons. The SMILES string of the molecule is Nc1ccc(C(=O)NCCC[C@H](NC(=O)c2ccc(SCc3cnc4nc(N)nc(N)c4n3)cc2)C(=O)O)c(-c2nn[nH]n2)c1. The second kappa shape index (κ2) is 13.6. The van der Waals surface area contributed by atoms with E-state index in [1.54, 1.807) is 48.7 Å². The number of anilines is 3. The highest BCUT2D eigenvalue weighted by Gasteiger charge is 2.21. The Morgan fingerprint density at radius 2 is 1.80 bits per heavy atom. The van der Waals surface area contributed by atoms with Crippen LogP contribution in [0.4, 0.5) is 17.5 Å². The number of carbonyl (C=O) groups is 3. The van der Waals surface area contributed by atoms with E-state index in [-0.39, 0.29) is 42.5 Å². The van der Waals surface area contributed by atoms with E-state index < -0.39 is 23.8 Å². The molecule has 0 spiro atoms. The van der Waals surface area contributed by atoms with Crippen molar-refractivity contribution in [3.63, 3.8) is 0 Å². The van der Waals surface area contributed by atoms with Crippen molar-refractivity contribution in [2.45, 2.75) is 29.5 Å². The first-order chi connectivity index (χ1) is 21.7. The van der Waals surface area contributed by atoms with Crippen LogP contribution in [0.5, 0.6) is 0 Å². The first-order valence-electron chi connectivity index (χ1n) is 13.4.